The summed E-state index contributed by atoms with van der Waals surface area (Å²) in [6.07, 6.45) is 0. The lowest BCUT2D eigenvalue weighted by atomic mass is 10.2. The zero-order valence-corrected chi connectivity index (χ0v) is 11.3. The molecule has 1 N–H and O–H groups in total. The highest BCUT2D eigenvalue weighted by Gasteiger charge is 2.59. The van der Waals surface area contributed by atoms with Crippen LogP contribution in [0, 0.1) is 0 Å². The molecular formula is C10H11NO5S2. The van der Waals surface area contributed by atoms with Gasteiger partial charge in [-0.05, 0) is 26.0 Å². The number of carboxylic acids is 1. The van der Waals surface area contributed by atoms with Crippen molar-refractivity contribution >= 4 is 33.2 Å². The van der Waals surface area contributed by atoms with Gasteiger partial charge in [0.2, 0.25) is 0 Å². The van der Waals surface area contributed by atoms with E-state index in [1.165, 1.54) is 26.0 Å². The first-order valence-corrected chi connectivity index (χ1v) is 7.32. The number of aromatic carboxylic acids is 1. The van der Waals surface area contributed by atoms with E-state index in [2.05, 4.69) is 0 Å². The minimum absolute atomic E-state index is 0.0947. The van der Waals surface area contributed by atoms with Gasteiger partial charge in [-0.1, -0.05) is 0 Å². The first kappa shape index (κ1) is 13.0. The van der Waals surface area contributed by atoms with Gasteiger partial charge in [-0.3, -0.25) is 4.79 Å². The van der Waals surface area contributed by atoms with Crippen LogP contribution < -0.4 is 0 Å². The van der Waals surface area contributed by atoms with Crippen LogP contribution in [-0.4, -0.2) is 34.5 Å². The van der Waals surface area contributed by atoms with Crippen LogP contribution in [0.5, 0.6) is 0 Å². The molecule has 0 unspecified atom stereocenters. The van der Waals surface area contributed by atoms with Crippen molar-refractivity contribution in [1.82, 2.24) is 4.31 Å². The summed E-state index contributed by atoms with van der Waals surface area (Å²) >= 11 is 0.964. The summed E-state index contributed by atoms with van der Waals surface area (Å²) in [6, 6.07) is 2.91. The van der Waals surface area contributed by atoms with Gasteiger partial charge in [-0.2, -0.15) is 0 Å². The molecule has 0 spiro atoms. The molecule has 1 aromatic heterocycles. The van der Waals surface area contributed by atoms with Crippen molar-refractivity contribution in [3.63, 3.8) is 0 Å². The molecule has 1 aromatic rings. The number of hydrogen-bond acceptors (Lipinski definition) is 5. The van der Waals surface area contributed by atoms with Crippen LogP contribution in [0.3, 0.4) is 0 Å². The summed E-state index contributed by atoms with van der Waals surface area (Å²) in [7, 11) is -3.62. The molecule has 0 aromatic carbocycles. The monoisotopic (exact) mass is 289 g/mol. The highest BCUT2D eigenvalue weighted by Crippen LogP contribution is 2.36. The maximum absolute atomic E-state index is 11.8. The molecule has 0 aliphatic carbocycles. The molecule has 1 fully saturated rings. The van der Waals surface area contributed by atoms with Gasteiger partial charge in [0.15, 0.2) is 4.75 Å². The summed E-state index contributed by atoms with van der Waals surface area (Å²) in [6.45, 7) is 2.62. The Kier molecular flexibility index (Phi) is 2.74. The highest BCUT2D eigenvalue weighted by atomic mass is 32.2. The number of amides is 1. The Morgan fingerprint density at radius 3 is 2.50 bits per heavy atom. The summed E-state index contributed by atoms with van der Waals surface area (Å²) < 4.78 is 23.0. The fraction of sp³-hybridized carbons (Fsp3) is 0.400. The van der Waals surface area contributed by atoms with Crippen molar-refractivity contribution in [1.29, 1.82) is 0 Å². The summed E-state index contributed by atoms with van der Waals surface area (Å²) in [4.78, 5) is 23.0. The van der Waals surface area contributed by atoms with E-state index in [1.807, 2.05) is 0 Å². The normalized spacial score (nSPS) is 20.6. The van der Waals surface area contributed by atoms with Gasteiger partial charge in [-0.25, -0.2) is 17.5 Å². The lowest BCUT2D eigenvalue weighted by molar-refractivity contribution is -0.132. The van der Waals surface area contributed by atoms with Gasteiger partial charge >= 0.3 is 5.97 Å². The fourth-order valence-corrected chi connectivity index (χ4v) is 4.05. The number of carboxylic acid groups (broad SMARTS) is 1. The molecule has 1 aliphatic heterocycles. The second-order valence-corrected chi connectivity index (χ2v) is 7.98. The summed E-state index contributed by atoms with van der Waals surface area (Å²) in [5.74, 6) is -1.53. The van der Waals surface area contributed by atoms with E-state index in [0.717, 1.165) is 15.6 Å². The van der Waals surface area contributed by atoms with Crippen LogP contribution >= 0.6 is 11.3 Å². The molecule has 98 valence electrons. The summed E-state index contributed by atoms with van der Waals surface area (Å²) in [5, 5.41) is 8.75. The van der Waals surface area contributed by atoms with Gasteiger partial charge in [0, 0.05) is 4.88 Å². The molecule has 8 heteroatoms. The van der Waals surface area contributed by atoms with Gasteiger partial charge in [0.1, 0.15) is 4.88 Å². The lowest BCUT2D eigenvalue weighted by Gasteiger charge is -2.42. The average molecular weight is 289 g/mol. The molecule has 0 radical (unpaired) electrons. The predicted molar refractivity (Wildman–Crippen MR) is 64.8 cm³/mol. The molecule has 2 heterocycles. The van der Waals surface area contributed by atoms with Gasteiger partial charge in [-0.15, -0.1) is 11.3 Å². The van der Waals surface area contributed by atoms with E-state index in [-0.39, 0.29) is 11.4 Å². The van der Waals surface area contributed by atoms with Crippen molar-refractivity contribution in [2.45, 2.75) is 25.1 Å². The number of sulfonamides is 1. The van der Waals surface area contributed by atoms with Gasteiger partial charge in [0.25, 0.3) is 15.9 Å². The minimum atomic E-state index is -3.62. The van der Waals surface area contributed by atoms with Crippen LogP contribution in [0.4, 0.5) is 0 Å². The zero-order chi connectivity index (χ0) is 13.7. The predicted octanol–water partition coefficient (Wildman–Crippen LogP) is 0.897. The molecule has 0 saturated carbocycles. The molecule has 6 nitrogen and oxygen atoms in total. The minimum Gasteiger partial charge on any atom is -0.477 e. The zero-order valence-electron chi connectivity index (χ0n) is 9.71. The Morgan fingerprint density at radius 2 is 2.06 bits per heavy atom. The maximum atomic E-state index is 11.8. The quantitative estimate of drug-likeness (QED) is 0.892. The van der Waals surface area contributed by atoms with Crippen LogP contribution in [-0.2, 0) is 21.4 Å². The van der Waals surface area contributed by atoms with Crippen molar-refractivity contribution in [3.8, 4) is 0 Å². The number of carbonyl (C=O) groups is 2. The summed E-state index contributed by atoms with van der Waals surface area (Å²) in [5.41, 5.74) is 0. The van der Waals surface area contributed by atoms with Gasteiger partial charge < -0.3 is 5.11 Å². The van der Waals surface area contributed by atoms with Gasteiger partial charge in [0.05, 0.1) is 6.54 Å². The number of carbonyl (C=O) groups excluding carboxylic acids is 1. The maximum Gasteiger partial charge on any atom is 0.345 e. The van der Waals surface area contributed by atoms with Crippen LogP contribution in [0.25, 0.3) is 0 Å². The molecule has 2 rings (SSSR count). The van der Waals surface area contributed by atoms with Crippen molar-refractivity contribution in [2.24, 2.45) is 0 Å². The number of hydrogen-bond donors (Lipinski definition) is 1. The van der Waals surface area contributed by atoms with Crippen LogP contribution in [0.2, 0.25) is 0 Å². The van der Waals surface area contributed by atoms with E-state index in [1.54, 1.807) is 0 Å². The molecule has 0 bridgehead atoms. The Balaban J connectivity index is 2.21. The Bertz CT molecular complexity index is 628. The largest absolute Gasteiger partial charge is 0.477 e. The third kappa shape index (κ3) is 1.64. The third-order valence-electron chi connectivity index (χ3n) is 2.85. The SMILES string of the molecule is CC1(C)C(=O)N(Cc2ccc(C(=O)O)s2)S1(=O)=O. The highest BCUT2D eigenvalue weighted by molar-refractivity contribution is 7.94. The molecule has 1 amide bonds. The second kappa shape index (κ2) is 3.79. The Labute approximate surface area is 108 Å². The number of rotatable bonds is 3. The standard InChI is InChI=1S/C10H11NO5S2/c1-10(2)9(14)11(18(10,15)16)5-6-3-4-7(17-6)8(12)13/h3-4H,5H2,1-2H3,(H,12,13). The fourth-order valence-electron chi connectivity index (χ4n) is 1.63. The second-order valence-electron chi connectivity index (χ2n) is 4.40. The van der Waals surface area contributed by atoms with E-state index in [9.17, 15) is 18.0 Å². The Morgan fingerprint density at radius 1 is 1.44 bits per heavy atom. The van der Waals surface area contributed by atoms with Crippen molar-refractivity contribution < 1.29 is 23.1 Å². The Hall–Kier alpha value is -1.41. The first-order chi connectivity index (χ1) is 8.18. The van der Waals surface area contributed by atoms with E-state index in [0.29, 0.717) is 4.88 Å². The number of thiophene rings is 1. The smallest absolute Gasteiger partial charge is 0.345 e. The van der Waals surface area contributed by atoms with Crippen LogP contribution in [0.1, 0.15) is 28.4 Å². The third-order valence-corrected chi connectivity index (χ3v) is 6.25. The van der Waals surface area contributed by atoms with E-state index in [4.69, 9.17) is 5.11 Å². The van der Waals surface area contributed by atoms with E-state index >= 15 is 0 Å². The van der Waals surface area contributed by atoms with Crippen LogP contribution in [0.15, 0.2) is 12.1 Å². The lowest BCUT2D eigenvalue weighted by Crippen LogP contribution is -2.66. The molecule has 1 saturated heterocycles. The average Bonchev–Trinajstić information content (AvgIpc) is 2.73. The van der Waals surface area contributed by atoms with E-state index < -0.39 is 26.6 Å². The molecular weight excluding hydrogens is 278 g/mol. The number of nitrogens with zero attached hydrogens (tertiary/aromatic N) is 1. The van der Waals surface area contributed by atoms with Crippen molar-refractivity contribution in [3.05, 3.63) is 21.9 Å². The molecule has 18 heavy (non-hydrogen) atoms. The topological polar surface area (TPSA) is 91.8 Å². The molecule has 0 atom stereocenters. The van der Waals surface area contributed by atoms with Crippen molar-refractivity contribution in [2.75, 3.05) is 0 Å². The molecule has 1 aliphatic rings. The first-order valence-electron chi connectivity index (χ1n) is 5.06.